The number of H-pyrrole nitrogens is 2. The molecule has 16 nitrogen and oxygen atoms in total. The maximum Gasteiger partial charge on any atom is 0.407 e. The molecular formula is C42H47Cl2F2N11O5S. The fourth-order valence-electron chi connectivity index (χ4n) is 8.32. The molecule has 63 heavy (non-hydrogen) atoms. The number of alkyl carbamates (subject to hydrolysis) is 1. The van der Waals surface area contributed by atoms with Gasteiger partial charge in [0.05, 0.1) is 36.9 Å². The van der Waals surface area contributed by atoms with Crippen LogP contribution in [0.3, 0.4) is 0 Å². The lowest BCUT2D eigenvalue weighted by molar-refractivity contribution is 0.112. The average molecular weight is 927 g/mol. The molecule has 2 saturated carbocycles. The third-order valence-corrected chi connectivity index (χ3v) is 12.5. The van der Waals surface area contributed by atoms with E-state index in [1.165, 1.54) is 0 Å². The number of nitrogens with one attached hydrogen (secondary N) is 6. The van der Waals surface area contributed by atoms with Crippen LogP contribution < -0.4 is 20.7 Å². The highest BCUT2D eigenvalue weighted by atomic mass is 35.5. The van der Waals surface area contributed by atoms with E-state index in [0.717, 1.165) is 92.1 Å². The van der Waals surface area contributed by atoms with Crippen molar-refractivity contribution < 1.29 is 31.5 Å². The first-order valence-corrected chi connectivity index (χ1v) is 23.4. The summed E-state index contributed by atoms with van der Waals surface area (Å²) in [6.45, 7) is 1.72. The molecule has 6 N–H and O–H groups in total. The number of anilines is 2. The van der Waals surface area contributed by atoms with Crippen LogP contribution >= 0.6 is 23.2 Å². The summed E-state index contributed by atoms with van der Waals surface area (Å²) in [5.41, 5.74) is 2.95. The number of carbonyl (C=O) groups excluding carboxylic acids is 1. The SMILES string of the molecule is CS(=O)(=O)NC1CCCC(Nc2nc(-c3c[nH]c4ccc(Cl)cc34)ncc2F)C1.O=C(N[C@@H]1CCC[C@H](Nc2nc(-c3c[nH]c4ncc(Cl)cc34)ncc2F)C1)OCC1CCOC1. The van der Waals surface area contributed by atoms with E-state index in [2.05, 4.69) is 55.6 Å². The lowest BCUT2D eigenvalue weighted by Crippen LogP contribution is -2.42. The third-order valence-electron chi connectivity index (χ3n) is 11.3. The van der Waals surface area contributed by atoms with Crippen molar-refractivity contribution in [2.75, 3.05) is 36.7 Å². The van der Waals surface area contributed by atoms with E-state index in [4.69, 9.17) is 32.7 Å². The minimum absolute atomic E-state index is 0.0430. The van der Waals surface area contributed by atoms with Gasteiger partial charge in [-0.3, -0.25) is 0 Å². The summed E-state index contributed by atoms with van der Waals surface area (Å²) in [6, 6.07) is 6.88. The molecule has 6 heterocycles. The van der Waals surface area contributed by atoms with Gasteiger partial charge in [-0.25, -0.2) is 51.6 Å². The summed E-state index contributed by atoms with van der Waals surface area (Å²) in [7, 11) is -3.28. The number of nitrogens with zero attached hydrogens (tertiary/aromatic N) is 5. The molecule has 21 heteroatoms. The number of aromatic nitrogens is 7. The van der Waals surface area contributed by atoms with Gasteiger partial charge in [0.1, 0.15) is 5.65 Å². The van der Waals surface area contributed by atoms with Gasteiger partial charge in [0.2, 0.25) is 10.0 Å². The van der Waals surface area contributed by atoms with E-state index in [-0.39, 0.29) is 41.7 Å². The van der Waals surface area contributed by atoms with Gasteiger partial charge in [0.15, 0.2) is 34.9 Å². The fourth-order valence-corrected chi connectivity index (χ4v) is 9.47. The Kier molecular flexibility index (Phi) is 13.9. The first kappa shape index (κ1) is 44.4. The van der Waals surface area contributed by atoms with Crippen LogP contribution in [-0.2, 0) is 19.5 Å². The van der Waals surface area contributed by atoms with Crippen molar-refractivity contribution in [1.82, 2.24) is 44.9 Å². The zero-order valence-corrected chi connectivity index (χ0v) is 36.6. The van der Waals surface area contributed by atoms with Gasteiger partial charge < -0.3 is 35.4 Å². The number of amides is 1. The summed E-state index contributed by atoms with van der Waals surface area (Å²) >= 11 is 12.2. The summed E-state index contributed by atoms with van der Waals surface area (Å²) in [5, 5.41) is 12.0. The lowest BCUT2D eigenvalue weighted by Gasteiger charge is -2.30. The van der Waals surface area contributed by atoms with E-state index < -0.39 is 27.8 Å². The van der Waals surface area contributed by atoms with Crippen molar-refractivity contribution in [1.29, 1.82) is 0 Å². The Hall–Kier alpha value is -5.21. The normalized spacial score (nSPS) is 21.4. The van der Waals surface area contributed by atoms with Gasteiger partial charge in [0.25, 0.3) is 0 Å². The summed E-state index contributed by atoms with van der Waals surface area (Å²) in [5.74, 6) is 0.164. The second-order valence-electron chi connectivity index (χ2n) is 16.2. The van der Waals surface area contributed by atoms with Crippen molar-refractivity contribution in [2.45, 2.75) is 82.0 Å². The molecule has 1 amide bonds. The summed E-state index contributed by atoms with van der Waals surface area (Å²) in [6.07, 6.45) is 15.2. The zero-order valence-electron chi connectivity index (χ0n) is 34.3. The Labute approximate surface area is 372 Å². The van der Waals surface area contributed by atoms with E-state index >= 15 is 0 Å². The largest absolute Gasteiger partial charge is 0.449 e. The maximum absolute atomic E-state index is 14.6. The minimum Gasteiger partial charge on any atom is -0.449 e. The molecule has 3 fully saturated rings. The molecule has 1 saturated heterocycles. The quantitative estimate of drug-likeness (QED) is 0.0730. The number of benzene rings is 1. The van der Waals surface area contributed by atoms with Crippen LogP contribution in [0.25, 0.3) is 44.7 Å². The zero-order chi connectivity index (χ0) is 44.1. The molecule has 2 aliphatic carbocycles. The van der Waals surface area contributed by atoms with E-state index in [1.807, 2.05) is 12.1 Å². The molecule has 0 radical (unpaired) electrons. The fraction of sp³-hybridized carbons (Fsp3) is 0.429. The number of carbonyl (C=O) groups is 1. The average Bonchev–Trinajstić information content (AvgIpc) is 4.02. The number of rotatable bonds is 11. The van der Waals surface area contributed by atoms with Crippen molar-refractivity contribution in [2.24, 2.45) is 5.92 Å². The van der Waals surface area contributed by atoms with Crippen LogP contribution in [0.4, 0.5) is 25.2 Å². The number of hydrogen-bond acceptors (Lipinski definition) is 12. The molecule has 6 aromatic rings. The summed E-state index contributed by atoms with van der Waals surface area (Å²) in [4.78, 5) is 39.8. The highest BCUT2D eigenvalue weighted by Crippen LogP contribution is 2.32. The van der Waals surface area contributed by atoms with Crippen molar-refractivity contribution in [3.8, 4) is 22.8 Å². The van der Waals surface area contributed by atoms with Gasteiger partial charge in [-0.15, -0.1) is 0 Å². The number of aromatic amines is 2. The van der Waals surface area contributed by atoms with Gasteiger partial charge >= 0.3 is 6.09 Å². The Bertz CT molecular complexity index is 2680. The number of hydrogen-bond donors (Lipinski definition) is 6. The van der Waals surface area contributed by atoms with Crippen LogP contribution in [0.1, 0.15) is 57.8 Å². The Morgan fingerprint density at radius 1 is 0.810 bits per heavy atom. The molecule has 0 bridgehead atoms. The monoisotopic (exact) mass is 925 g/mol. The highest BCUT2D eigenvalue weighted by Gasteiger charge is 2.28. The van der Waals surface area contributed by atoms with Crippen molar-refractivity contribution in [3.63, 3.8) is 0 Å². The highest BCUT2D eigenvalue weighted by molar-refractivity contribution is 7.88. The second kappa shape index (κ2) is 19.7. The molecule has 1 aromatic carbocycles. The number of sulfonamides is 1. The van der Waals surface area contributed by atoms with Crippen LogP contribution in [0.15, 0.2) is 55.2 Å². The van der Waals surface area contributed by atoms with Crippen molar-refractivity contribution in [3.05, 3.63) is 76.9 Å². The molecule has 5 aromatic heterocycles. The smallest absolute Gasteiger partial charge is 0.407 e. The maximum atomic E-state index is 14.6. The standard InChI is InChI=1S/C23H26ClFN6O3.C19H21ClFN5O2S/c24-14-6-17-18(9-27-20(17)26-8-14)21-28-10-19(25)22(31-21)29-15-2-1-3-16(7-15)30-23(32)34-12-13-4-5-33-11-13;1-29(27,28)26-13-4-2-3-12(8-13)24-19-16(21)10-23-18(25-19)15-9-22-17-6-5-11(20)7-14(15)17/h6,8-10,13,15-16H,1-5,7,11-12H2,(H,26,27)(H,30,32)(H,28,29,31);5-7,9-10,12-13,22,26H,2-4,8H2,1H3,(H,23,24,25)/t13?,15-,16+;/m0./s1. The predicted octanol–water partition coefficient (Wildman–Crippen LogP) is 7.99. The second-order valence-corrected chi connectivity index (χ2v) is 18.8. The van der Waals surface area contributed by atoms with Crippen LogP contribution in [0.5, 0.6) is 0 Å². The molecule has 3 unspecified atom stereocenters. The van der Waals surface area contributed by atoms with Gasteiger partial charge in [-0.05, 0) is 82.1 Å². The first-order chi connectivity index (χ1) is 30.3. The number of pyridine rings is 1. The van der Waals surface area contributed by atoms with E-state index in [1.54, 1.807) is 30.7 Å². The van der Waals surface area contributed by atoms with Gasteiger partial charge in [-0.2, -0.15) is 0 Å². The Morgan fingerprint density at radius 3 is 2.10 bits per heavy atom. The Morgan fingerprint density at radius 2 is 1.43 bits per heavy atom. The number of ether oxygens (including phenoxy) is 2. The third kappa shape index (κ3) is 11.5. The number of halogens is 4. The molecule has 1 aliphatic heterocycles. The van der Waals surface area contributed by atoms with Gasteiger partial charge in [0, 0.05) is 87.7 Å². The molecule has 0 spiro atoms. The van der Waals surface area contributed by atoms with E-state index in [9.17, 15) is 22.0 Å². The summed E-state index contributed by atoms with van der Waals surface area (Å²) < 4.78 is 65.3. The molecule has 3 aliphatic rings. The molecule has 5 atom stereocenters. The van der Waals surface area contributed by atoms with Crippen LogP contribution in [0.2, 0.25) is 10.0 Å². The molecule has 334 valence electrons. The molecule has 9 rings (SSSR count). The van der Waals surface area contributed by atoms with Crippen LogP contribution in [-0.4, -0.2) is 99.6 Å². The van der Waals surface area contributed by atoms with Crippen molar-refractivity contribution >= 4 is 72.9 Å². The predicted molar refractivity (Wildman–Crippen MR) is 237 cm³/mol. The lowest BCUT2D eigenvalue weighted by atomic mass is 9.91. The Balaban J connectivity index is 0.000000175. The van der Waals surface area contributed by atoms with Gasteiger partial charge in [-0.1, -0.05) is 23.2 Å². The minimum atomic E-state index is -3.28. The number of fused-ring (bicyclic) bond motifs is 2. The first-order valence-electron chi connectivity index (χ1n) is 20.8. The molecular weight excluding hydrogens is 880 g/mol. The van der Waals surface area contributed by atoms with E-state index in [0.29, 0.717) is 59.0 Å². The van der Waals surface area contributed by atoms with Crippen LogP contribution in [0, 0.1) is 17.6 Å². The topological polar surface area (TPSA) is 214 Å².